The smallest absolute Gasteiger partial charge is 0.0700 e. The van der Waals surface area contributed by atoms with Gasteiger partial charge in [-0.25, -0.2) is 0 Å². The van der Waals surface area contributed by atoms with E-state index in [0.29, 0.717) is 0 Å². The predicted molar refractivity (Wildman–Crippen MR) is 120 cm³/mol. The normalized spacial score (nSPS) is 20.2. The van der Waals surface area contributed by atoms with Crippen LogP contribution in [0.3, 0.4) is 0 Å². The van der Waals surface area contributed by atoms with Crippen LogP contribution in [0.2, 0.25) is 0 Å². The highest BCUT2D eigenvalue weighted by Crippen LogP contribution is 2.55. The largest absolute Gasteiger partial charge is 0.265 e. The molecule has 4 heterocycles. The predicted octanol–water partition coefficient (Wildman–Crippen LogP) is 6.97. The first-order valence-electron chi connectivity index (χ1n) is 7.87. The maximum atomic E-state index is 4.05. The van der Waals surface area contributed by atoms with Crippen molar-refractivity contribution < 1.29 is 0 Å². The molecule has 4 rings (SSSR count). The first-order chi connectivity index (χ1) is 12.9. The SMILES string of the molecule is C1=C(/C=C/c2ccncc2)S/C(=C2/SC=C(/C=C/c3ccncc3)S2)S1. The zero-order valence-electron chi connectivity index (χ0n) is 13.6. The molecular formula is C20H14N2S4. The Hall–Kier alpha value is -1.60. The number of hydrogen-bond acceptors (Lipinski definition) is 6. The summed E-state index contributed by atoms with van der Waals surface area (Å²) in [5.74, 6) is 0. The van der Waals surface area contributed by atoms with E-state index >= 15 is 0 Å². The fourth-order valence-electron chi connectivity index (χ4n) is 2.17. The quantitative estimate of drug-likeness (QED) is 0.540. The highest BCUT2D eigenvalue weighted by molar-refractivity contribution is 8.33. The van der Waals surface area contributed by atoms with E-state index in [-0.39, 0.29) is 0 Å². The standard InChI is InChI=1S/C20H14N2S4/c1(15-5-9-21-10-6-15)3-17-13-23-19(25-17)20-24-14-18(26-20)4-2-16-7-11-22-12-8-16/h1-14H/b3-1+,4-2+,20-19-. The van der Waals surface area contributed by atoms with E-state index in [4.69, 9.17) is 0 Å². The van der Waals surface area contributed by atoms with Gasteiger partial charge in [0.25, 0.3) is 0 Å². The van der Waals surface area contributed by atoms with Crippen molar-refractivity contribution in [2.45, 2.75) is 0 Å². The molecule has 0 aliphatic carbocycles. The third-order valence-corrected chi connectivity index (χ3v) is 8.68. The van der Waals surface area contributed by atoms with Crippen LogP contribution in [0.5, 0.6) is 0 Å². The molecule has 2 nitrogen and oxygen atoms in total. The average molecular weight is 411 g/mol. The van der Waals surface area contributed by atoms with Crippen molar-refractivity contribution in [3.63, 3.8) is 0 Å². The minimum Gasteiger partial charge on any atom is -0.265 e. The molecule has 26 heavy (non-hydrogen) atoms. The Morgan fingerprint density at radius 2 is 1.00 bits per heavy atom. The number of nitrogens with zero attached hydrogens (tertiary/aromatic N) is 2. The average Bonchev–Trinajstić information content (AvgIpc) is 3.36. The van der Waals surface area contributed by atoms with Gasteiger partial charge >= 0.3 is 0 Å². The molecule has 0 aromatic carbocycles. The number of pyridine rings is 2. The first kappa shape index (κ1) is 17.8. The molecule has 2 aromatic heterocycles. The van der Waals surface area contributed by atoms with Gasteiger partial charge in [-0.3, -0.25) is 9.97 Å². The van der Waals surface area contributed by atoms with Crippen LogP contribution in [0.4, 0.5) is 0 Å². The molecule has 0 spiro atoms. The van der Waals surface area contributed by atoms with Crippen LogP contribution in [-0.4, -0.2) is 9.97 Å². The summed E-state index contributed by atoms with van der Waals surface area (Å²) in [7, 11) is 0. The summed E-state index contributed by atoms with van der Waals surface area (Å²) in [6.45, 7) is 0. The molecule has 2 aliphatic rings. The Kier molecular flexibility index (Phi) is 6.07. The highest BCUT2D eigenvalue weighted by atomic mass is 32.2. The van der Waals surface area contributed by atoms with E-state index in [2.05, 4.69) is 45.1 Å². The van der Waals surface area contributed by atoms with Crippen molar-refractivity contribution in [3.05, 3.63) is 101 Å². The molecular weight excluding hydrogens is 397 g/mol. The summed E-state index contributed by atoms with van der Waals surface area (Å²) < 4.78 is 2.72. The summed E-state index contributed by atoms with van der Waals surface area (Å²) in [4.78, 5) is 10.6. The van der Waals surface area contributed by atoms with Crippen LogP contribution in [0, 0.1) is 0 Å². The van der Waals surface area contributed by atoms with E-state index in [1.165, 1.54) is 29.4 Å². The fraction of sp³-hybridized carbons (Fsp3) is 0. The summed E-state index contributed by atoms with van der Waals surface area (Å²) in [6, 6.07) is 8.04. The fourth-order valence-corrected chi connectivity index (χ4v) is 6.83. The minimum atomic E-state index is 1.17. The molecule has 128 valence electrons. The number of rotatable bonds is 4. The third-order valence-electron chi connectivity index (χ3n) is 3.44. The van der Waals surface area contributed by atoms with E-state index < -0.39 is 0 Å². The maximum Gasteiger partial charge on any atom is 0.0700 e. The van der Waals surface area contributed by atoms with Crippen LogP contribution in [0.1, 0.15) is 11.1 Å². The summed E-state index contributed by atoms with van der Waals surface area (Å²) in [6.07, 6.45) is 15.9. The van der Waals surface area contributed by atoms with Crippen molar-refractivity contribution in [1.29, 1.82) is 0 Å². The number of hydrogen-bond donors (Lipinski definition) is 0. The van der Waals surface area contributed by atoms with Crippen LogP contribution in [0.25, 0.3) is 12.2 Å². The zero-order valence-corrected chi connectivity index (χ0v) is 16.9. The van der Waals surface area contributed by atoms with Gasteiger partial charge in [-0.15, -0.1) is 0 Å². The van der Waals surface area contributed by atoms with E-state index in [0.717, 1.165) is 0 Å². The number of allylic oxidation sites excluding steroid dienone is 2. The van der Waals surface area contributed by atoms with Crippen LogP contribution in [-0.2, 0) is 0 Å². The van der Waals surface area contributed by atoms with Crippen LogP contribution in [0.15, 0.2) is 90.3 Å². The van der Waals surface area contributed by atoms with Crippen LogP contribution < -0.4 is 0 Å². The summed E-state index contributed by atoms with van der Waals surface area (Å²) in [5.41, 5.74) is 2.34. The second-order valence-electron chi connectivity index (χ2n) is 5.28. The molecule has 6 heteroatoms. The van der Waals surface area contributed by atoms with Gasteiger partial charge in [0.05, 0.1) is 8.47 Å². The third kappa shape index (κ3) is 4.76. The van der Waals surface area contributed by atoms with Gasteiger partial charge in [0.15, 0.2) is 0 Å². The van der Waals surface area contributed by atoms with Crippen molar-refractivity contribution in [2.24, 2.45) is 0 Å². The molecule has 2 aliphatic heterocycles. The van der Waals surface area contributed by atoms with Gasteiger partial charge in [-0.2, -0.15) is 0 Å². The lowest BCUT2D eigenvalue weighted by Crippen LogP contribution is -1.73. The first-order valence-corrected chi connectivity index (χ1v) is 11.3. The topological polar surface area (TPSA) is 25.8 Å². The molecule has 0 saturated heterocycles. The Balaban J connectivity index is 1.35. The van der Waals surface area contributed by atoms with Gasteiger partial charge in [0.1, 0.15) is 0 Å². The Morgan fingerprint density at radius 3 is 1.42 bits per heavy atom. The summed E-state index contributed by atoms with van der Waals surface area (Å²) >= 11 is 7.29. The molecule has 0 saturated carbocycles. The van der Waals surface area contributed by atoms with Crippen molar-refractivity contribution >= 4 is 59.2 Å². The molecule has 2 aromatic rings. The van der Waals surface area contributed by atoms with Gasteiger partial charge in [-0.05, 0) is 58.4 Å². The summed E-state index contributed by atoms with van der Waals surface area (Å²) in [5, 5.41) is 4.44. The lowest BCUT2D eigenvalue weighted by atomic mass is 10.2. The van der Waals surface area contributed by atoms with Gasteiger partial charge in [0, 0.05) is 34.6 Å². The van der Waals surface area contributed by atoms with Crippen molar-refractivity contribution in [1.82, 2.24) is 9.97 Å². The molecule has 0 fully saturated rings. The maximum absolute atomic E-state index is 4.05. The Bertz CT molecular complexity index is 851. The number of aromatic nitrogens is 2. The van der Waals surface area contributed by atoms with Gasteiger partial charge in [0.2, 0.25) is 0 Å². The molecule has 0 radical (unpaired) electrons. The lowest BCUT2D eigenvalue weighted by Gasteiger charge is -2.01. The van der Waals surface area contributed by atoms with Gasteiger partial charge < -0.3 is 0 Å². The molecule has 0 bridgehead atoms. The van der Waals surface area contributed by atoms with Crippen molar-refractivity contribution in [3.8, 4) is 0 Å². The Labute approximate surface area is 170 Å². The Morgan fingerprint density at radius 1 is 0.577 bits per heavy atom. The lowest BCUT2D eigenvalue weighted by molar-refractivity contribution is 1.32. The van der Waals surface area contributed by atoms with Crippen LogP contribution >= 0.6 is 47.0 Å². The van der Waals surface area contributed by atoms with Gasteiger partial charge in [-0.1, -0.05) is 59.2 Å². The molecule has 0 unspecified atom stereocenters. The second kappa shape index (κ2) is 8.86. The molecule has 0 N–H and O–H groups in total. The monoisotopic (exact) mass is 410 g/mol. The van der Waals surface area contributed by atoms with E-state index in [1.807, 2.05) is 96.1 Å². The molecule has 0 atom stereocenters. The van der Waals surface area contributed by atoms with Crippen molar-refractivity contribution in [2.75, 3.05) is 0 Å². The number of thioether (sulfide) groups is 4. The molecule has 0 amide bonds. The van der Waals surface area contributed by atoms with E-state index in [1.54, 1.807) is 0 Å². The second-order valence-corrected chi connectivity index (χ2v) is 9.73. The zero-order chi connectivity index (χ0) is 17.6. The van der Waals surface area contributed by atoms with E-state index in [9.17, 15) is 0 Å². The highest BCUT2D eigenvalue weighted by Gasteiger charge is 2.20. The minimum absolute atomic E-state index is 1.17.